The summed E-state index contributed by atoms with van der Waals surface area (Å²) < 4.78 is 1.94. The Morgan fingerprint density at radius 2 is 1.92 bits per heavy atom. The minimum absolute atomic E-state index is 0.840. The molecule has 0 aliphatic heterocycles. The summed E-state index contributed by atoms with van der Waals surface area (Å²) in [5.41, 5.74) is 6.72. The van der Waals surface area contributed by atoms with Gasteiger partial charge in [-0.05, 0) is 61.2 Å². The van der Waals surface area contributed by atoms with Crippen molar-refractivity contribution >= 4 is 11.6 Å². The summed E-state index contributed by atoms with van der Waals surface area (Å²) in [5.74, 6) is 0. The molecule has 0 N–H and O–H groups in total. The SMILES string of the molecule is C/C=C(\C)c1nn(C)c(/C=C/Cc2cccnc2)c1-c1ccncc1. The number of aryl methyl sites for hydroxylation is 1. The van der Waals surface area contributed by atoms with E-state index in [0.29, 0.717) is 0 Å². The molecule has 3 aromatic rings. The van der Waals surface area contributed by atoms with Crippen LogP contribution in [0.4, 0.5) is 0 Å². The molecule has 0 aromatic carbocycles. The number of hydrogen-bond donors (Lipinski definition) is 0. The van der Waals surface area contributed by atoms with E-state index in [1.807, 2.05) is 55.4 Å². The fourth-order valence-corrected chi connectivity index (χ4v) is 2.77. The van der Waals surface area contributed by atoms with Crippen molar-refractivity contribution in [2.24, 2.45) is 7.05 Å². The van der Waals surface area contributed by atoms with Crippen molar-refractivity contribution in [1.29, 1.82) is 0 Å². The highest BCUT2D eigenvalue weighted by Crippen LogP contribution is 2.32. The second kappa shape index (κ2) is 7.71. The van der Waals surface area contributed by atoms with Crippen LogP contribution < -0.4 is 0 Å². The summed E-state index contributed by atoms with van der Waals surface area (Å²) in [6.07, 6.45) is 14.6. The van der Waals surface area contributed by atoms with Crippen LogP contribution in [0.25, 0.3) is 22.8 Å². The number of hydrogen-bond acceptors (Lipinski definition) is 3. The van der Waals surface area contributed by atoms with Crippen molar-refractivity contribution in [3.05, 3.63) is 78.2 Å². The average molecular weight is 330 g/mol. The second-order valence-corrected chi connectivity index (χ2v) is 5.91. The zero-order valence-corrected chi connectivity index (χ0v) is 14.8. The molecule has 0 aliphatic rings. The van der Waals surface area contributed by atoms with E-state index >= 15 is 0 Å². The first-order chi connectivity index (χ1) is 12.2. The van der Waals surface area contributed by atoms with E-state index in [4.69, 9.17) is 5.10 Å². The highest BCUT2D eigenvalue weighted by atomic mass is 15.3. The van der Waals surface area contributed by atoms with Crippen molar-refractivity contribution in [1.82, 2.24) is 19.7 Å². The van der Waals surface area contributed by atoms with Gasteiger partial charge >= 0.3 is 0 Å². The Kier molecular flexibility index (Phi) is 5.19. The van der Waals surface area contributed by atoms with Crippen LogP contribution in [0.1, 0.15) is 30.8 Å². The van der Waals surface area contributed by atoms with E-state index in [-0.39, 0.29) is 0 Å². The maximum Gasteiger partial charge on any atom is 0.0961 e. The molecule has 3 heterocycles. The maximum atomic E-state index is 4.75. The predicted octanol–water partition coefficient (Wildman–Crippen LogP) is 4.56. The standard InChI is InChI=1S/C21H22N4/c1-4-16(2)21-20(18-10-13-22-14-11-18)19(25(3)24-21)9-5-7-17-8-6-12-23-15-17/h4-6,8-15H,7H2,1-3H3/b9-5+,16-4+. The largest absolute Gasteiger partial charge is 0.267 e. The normalized spacial score (nSPS) is 12.0. The summed E-state index contributed by atoms with van der Waals surface area (Å²) in [7, 11) is 1.99. The van der Waals surface area contributed by atoms with Gasteiger partial charge in [-0.2, -0.15) is 5.10 Å². The topological polar surface area (TPSA) is 43.6 Å². The van der Waals surface area contributed by atoms with Crippen LogP contribution in [0.2, 0.25) is 0 Å². The number of aromatic nitrogens is 4. The van der Waals surface area contributed by atoms with Crippen molar-refractivity contribution in [2.75, 3.05) is 0 Å². The zero-order chi connectivity index (χ0) is 17.6. The molecule has 25 heavy (non-hydrogen) atoms. The van der Waals surface area contributed by atoms with Crippen molar-refractivity contribution in [2.45, 2.75) is 20.3 Å². The van der Waals surface area contributed by atoms with Gasteiger partial charge in [-0.25, -0.2) is 0 Å². The smallest absolute Gasteiger partial charge is 0.0961 e. The van der Waals surface area contributed by atoms with Crippen LogP contribution in [0.5, 0.6) is 0 Å². The number of rotatable bonds is 5. The molecule has 0 unspecified atom stereocenters. The lowest BCUT2D eigenvalue weighted by molar-refractivity contribution is 0.755. The van der Waals surface area contributed by atoms with Gasteiger partial charge in [-0.3, -0.25) is 14.6 Å². The highest BCUT2D eigenvalue weighted by Gasteiger charge is 2.16. The fraction of sp³-hybridized carbons (Fsp3) is 0.190. The molecule has 0 saturated carbocycles. The molecular formula is C21H22N4. The van der Waals surface area contributed by atoms with E-state index in [2.05, 4.69) is 41.2 Å². The Bertz CT molecular complexity index is 890. The summed E-state index contributed by atoms with van der Waals surface area (Å²) in [5, 5.41) is 4.75. The van der Waals surface area contributed by atoms with E-state index in [9.17, 15) is 0 Å². The fourth-order valence-electron chi connectivity index (χ4n) is 2.77. The minimum atomic E-state index is 0.840. The average Bonchev–Trinajstić information content (AvgIpc) is 2.99. The first kappa shape index (κ1) is 16.8. The molecule has 4 nitrogen and oxygen atoms in total. The second-order valence-electron chi connectivity index (χ2n) is 5.91. The zero-order valence-electron chi connectivity index (χ0n) is 14.8. The molecule has 3 aromatic heterocycles. The summed E-state index contributed by atoms with van der Waals surface area (Å²) in [6, 6.07) is 8.10. The Balaban J connectivity index is 2.02. The van der Waals surface area contributed by atoms with Gasteiger partial charge in [0.15, 0.2) is 0 Å². The summed E-state index contributed by atoms with van der Waals surface area (Å²) >= 11 is 0. The molecule has 0 spiro atoms. The molecule has 0 amide bonds. The van der Waals surface area contributed by atoms with Crippen LogP contribution >= 0.6 is 0 Å². The van der Waals surface area contributed by atoms with Crippen LogP contribution in [0, 0.1) is 0 Å². The highest BCUT2D eigenvalue weighted by molar-refractivity contribution is 5.84. The van der Waals surface area contributed by atoms with Gasteiger partial charge in [0.2, 0.25) is 0 Å². The Hall–Kier alpha value is -3.01. The van der Waals surface area contributed by atoms with Crippen LogP contribution in [0.3, 0.4) is 0 Å². The molecule has 0 saturated heterocycles. The van der Waals surface area contributed by atoms with Crippen LogP contribution in [-0.2, 0) is 13.5 Å². The third kappa shape index (κ3) is 3.74. The van der Waals surface area contributed by atoms with E-state index in [1.54, 1.807) is 6.20 Å². The third-order valence-corrected chi connectivity index (χ3v) is 4.22. The van der Waals surface area contributed by atoms with Crippen molar-refractivity contribution in [3.8, 4) is 11.1 Å². The monoisotopic (exact) mass is 330 g/mol. The Morgan fingerprint density at radius 1 is 1.12 bits per heavy atom. The summed E-state index contributed by atoms with van der Waals surface area (Å²) in [4.78, 5) is 8.30. The minimum Gasteiger partial charge on any atom is -0.267 e. The lowest BCUT2D eigenvalue weighted by Crippen LogP contribution is -1.94. The molecule has 0 aliphatic carbocycles. The van der Waals surface area contributed by atoms with E-state index in [1.165, 1.54) is 5.56 Å². The van der Waals surface area contributed by atoms with Crippen molar-refractivity contribution in [3.63, 3.8) is 0 Å². The lowest BCUT2D eigenvalue weighted by atomic mass is 10.00. The van der Waals surface area contributed by atoms with Gasteiger partial charge in [0.05, 0.1) is 11.4 Å². The molecule has 3 rings (SSSR count). The predicted molar refractivity (Wildman–Crippen MR) is 103 cm³/mol. The molecule has 0 fully saturated rings. The number of nitrogens with zero attached hydrogens (tertiary/aromatic N) is 4. The third-order valence-electron chi connectivity index (χ3n) is 4.22. The van der Waals surface area contributed by atoms with Gasteiger partial charge < -0.3 is 0 Å². The van der Waals surface area contributed by atoms with Crippen LogP contribution in [-0.4, -0.2) is 19.7 Å². The van der Waals surface area contributed by atoms with E-state index in [0.717, 1.165) is 34.5 Å². The van der Waals surface area contributed by atoms with Gasteiger partial charge in [-0.1, -0.05) is 18.2 Å². The molecule has 4 heteroatoms. The van der Waals surface area contributed by atoms with Gasteiger partial charge in [-0.15, -0.1) is 0 Å². The quantitative estimate of drug-likeness (QED) is 0.689. The first-order valence-corrected chi connectivity index (χ1v) is 8.37. The van der Waals surface area contributed by atoms with Gasteiger partial charge in [0.1, 0.15) is 0 Å². The molecule has 126 valence electrons. The van der Waals surface area contributed by atoms with E-state index < -0.39 is 0 Å². The maximum absolute atomic E-state index is 4.75. The number of pyridine rings is 2. The van der Waals surface area contributed by atoms with Crippen molar-refractivity contribution < 1.29 is 0 Å². The Morgan fingerprint density at radius 3 is 2.60 bits per heavy atom. The van der Waals surface area contributed by atoms with Gasteiger partial charge in [0, 0.05) is 37.4 Å². The summed E-state index contributed by atoms with van der Waals surface area (Å²) in [6.45, 7) is 4.13. The first-order valence-electron chi connectivity index (χ1n) is 8.37. The van der Waals surface area contributed by atoms with Gasteiger partial charge in [0.25, 0.3) is 0 Å². The Labute approximate surface area is 148 Å². The number of allylic oxidation sites excluding steroid dienone is 3. The molecule has 0 bridgehead atoms. The molecule has 0 radical (unpaired) electrons. The molecular weight excluding hydrogens is 308 g/mol. The lowest BCUT2D eigenvalue weighted by Gasteiger charge is -2.05. The van der Waals surface area contributed by atoms with Crippen LogP contribution in [0.15, 0.2) is 61.2 Å². The molecule has 0 atom stereocenters.